The van der Waals surface area contributed by atoms with Crippen molar-refractivity contribution in [3.8, 4) is 0 Å². The van der Waals surface area contributed by atoms with Crippen molar-refractivity contribution < 1.29 is 13.2 Å². The molecule has 0 aromatic heterocycles. The molecule has 2 aliphatic rings. The quantitative estimate of drug-likeness (QED) is 0.604. The molecule has 190 valence electrons. The number of anilines is 2. The first-order valence-corrected chi connectivity index (χ1v) is 14.2. The predicted molar refractivity (Wildman–Crippen MR) is 142 cm³/mol. The van der Waals surface area contributed by atoms with Gasteiger partial charge in [-0.2, -0.15) is 0 Å². The maximum absolute atomic E-state index is 13.4. The highest BCUT2D eigenvalue weighted by Gasteiger charge is 2.25. The molecule has 1 amide bonds. The average Bonchev–Trinajstić information content (AvgIpc) is 2.84. The largest absolute Gasteiger partial charge is 0.367 e. The first-order valence-electron chi connectivity index (χ1n) is 12.7. The molecule has 2 saturated heterocycles. The van der Waals surface area contributed by atoms with E-state index in [9.17, 15) is 13.2 Å². The van der Waals surface area contributed by atoms with Crippen molar-refractivity contribution in [2.24, 2.45) is 11.8 Å². The molecule has 2 N–H and O–H groups in total. The van der Waals surface area contributed by atoms with Crippen molar-refractivity contribution in [3.05, 3.63) is 53.6 Å². The van der Waals surface area contributed by atoms with Crippen LogP contribution in [0.1, 0.15) is 49.5 Å². The summed E-state index contributed by atoms with van der Waals surface area (Å²) in [7, 11) is -3.81. The van der Waals surface area contributed by atoms with Gasteiger partial charge in [-0.15, -0.1) is 0 Å². The van der Waals surface area contributed by atoms with Gasteiger partial charge in [-0.05, 0) is 67.0 Å². The monoisotopic (exact) mass is 498 g/mol. The van der Waals surface area contributed by atoms with Gasteiger partial charge < -0.3 is 15.1 Å². The average molecular weight is 499 g/mol. The number of hydrogen-bond donors (Lipinski definition) is 2. The Balaban J connectivity index is 1.62. The zero-order valence-electron chi connectivity index (χ0n) is 21.1. The van der Waals surface area contributed by atoms with Crippen LogP contribution in [0.3, 0.4) is 0 Å². The number of carbonyl (C=O) groups excluding carboxylic acids is 1. The van der Waals surface area contributed by atoms with E-state index >= 15 is 0 Å². The Kier molecular flexibility index (Phi) is 8.02. The van der Waals surface area contributed by atoms with Crippen molar-refractivity contribution in [2.75, 3.05) is 48.9 Å². The van der Waals surface area contributed by atoms with Crippen LogP contribution in [0.4, 0.5) is 11.4 Å². The van der Waals surface area contributed by atoms with E-state index in [2.05, 4.69) is 35.7 Å². The van der Waals surface area contributed by atoms with E-state index in [1.54, 1.807) is 18.2 Å². The van der Waals surface area contributed by atoms with Crippen molar-refractivity contribution in [3.63, 3.8) is 0 Å². The first kappa shape index (κ1) is 25.5. The third kappa shape index (κ3) is 6.35. The molecule has 2 aromatic carbocycles. The lowest BCUT2D eigenvalue weighted by atomic mass is 9.98. The maximum atomic E-state index is 13.4. The number of carbonyl (C=O) groups is 1. The Hall–Kier alpha value is -2.58. The molecule has 2 heterocycles. The fraction of sp³-hybridized carbons (Fsp3) is 0.519. The Labute approximate surface area is 209 Å². The Morgan fingerprint density at radius 3 is 2.31 bits per heavy atom. The van der Waals surface area contributed by atoms with E-state index in [0.717, 1.165) is 69.8 Å². The molecule has 0 bridgehead atoms. The van der Waals surface area contributed by atoms with Crippen LogP contribution in [0, 0.1) is 11.8 Å². The summed E-state index contributed by atoms with van der Waals surface area (Å²) < 4.78 is 29.5. The van der Waals surface area contributed by atoms with Gasteiger partial charge in [0, 0.05) is 44.8 Å². The van der Waals surface area contributed by atoms with E-state index in [-0.39, 0.29) is 10.8 Å². The van der Waals surface area contributed by atoms with Crippen LogP contribution >= 0.6 is 0 Å². The van der Waals surface area contributed by atoms with Crippen molar-refractivity contribution in [2.45, 2.75) is 44.9 Å². The van der Waals surface area contributed by atoms with Gasteiger partial charge in [0.2, 0.25) is 0 Å². The summed E-state index contributed by atoms with van der Waals surface area (Å²) in [6, 6.07) is 12.5. The number of likely N-dealkylation sites (tertiary alicyclic amines) is 1. The van der Waals surface area contributed by atoms with Crippen LogP contribution in [0.5, 0.6) is 0 Å². The summed E-state index contributed by atoms with van der Waals surface area (Å²) in [6.07, 6.45) is 2.90. The molecule has 0 unspecified atom stereocenters. The molecule has 2 fully saturated rings. The smallest absolute Gasteiger partial charge is 0.261 e. The van der Waals surface area contributed by atoms with E-state index in [0.29, 0.717) is 23.1 Å². The van der Waals surface area contributed by atoms with E-state index < -0.39 is 10.0 Å². The number of piperidine rings is 1. The summed E-state index contributed by atoms with van der Waals surface area (Å²) >= 11 is 0. The van der Waals surface area contributed by atoms with Crippen molar-refractivity contribution in [1.29, 1.82) is 0 Å². The van der Waals surface area contributed by atoms with Gasteiger partial charge in [0.15, 0.2) is 0 Å². The van der Waals surface area contributed by atoms with Crippen LogP contribution < -0.4 is 14.9 Å². The third-order valence-electron chi connectivity index (χ3n) is 6.89. The number of benzene rings is 2. The van der Waals surface area contributed by atoms with Gasteiger partial charge in [0.1, 0.15) is 0 Å². The second kappa shape index (κ2) is 11.0. The minimum Gasteiger partial charge on any atom is -0.367 e. The number of piperazine rings is 1. The Morgan fingerprint density at radius 2 is 1.69 bits per heavy atom. The van der Waals surface area contributed by atoms with Crippen LogP contribution in [-0.2, 0) is 16.4 Å². The number of hydrogen-bond acceptors (Lipinski definition) is 5. The third-order valence-corrected chi connectivity index (χ3v) is 8.28. The van der Waals surface area contributed by atoms with E-state index in [1.807, 2.05) is 29.2 Å². The van der Waals surface area contributed by atoms with Gasteiger partial charge in [0.25, 0.3) is 15.9 Å². The summed E-state index contributed by atoms with van der Waals surface area (Å²) in [6.45, 7) is 11.2. The number of nitrogens with zero attached hydrogens (tertiary/aromatic N) is 2. The minimum absolute atomic E-state index is 0.0396. The molecular formula is C27H38N4O3S. The number of amides is 1. The number of sulfonamides is 1. The van der Waals surface area contributed by atoms with E-state index in [4.69, 9.17) is 0 Å². The summed E-state index contributed by atoms with van der Waals surface area (Å²) in [5, 5.41) is 3.33. The molecule has 0 radical (unpaired) electrons. The molecule has 8 heteroatoms. The first-order chi connectivity index (χ1) is 16.7. The summed E-state index contributed by atoms with van der Waals surface area (Å²) in [4.78, 5) is 17.5. The fourth-order valence-electron chi connectivity index (χ4n) is 4.81. The SMILES string of the molecule is CC(C)Cc1ccc(S(=O)(=O)Nc2cc(C(=O)N3CCC(C)CC3)ccc2N2CCNCC2)cc1. The molecule has 35 heavy (non-hydrogen) atoms. The van der Waals surface area contributed by atoms with Crippen molar-refractivity contribution in [1.82, 2.24) is 10.2 Å². The Morgan fingerprint density at radius 1 is 1.03 bits per heavy atom. The Bertz CT molecular complexity index is 1120. The van der Waals surface area contributed by atoms with Gasteiger partial charge in [-0.1, -0.05) is 32.9 Å². The zero-order chi connectivity index (χ0) is 25.0. The van der Waals surface area contributed by atoms with Gasteiger partial charge >= 0.3 is 0 Å². The van der Waals surface area contributed by atoms with Gasteiger partial charge in [-0.3, -0.25) is 9.52 Å². The highest BCUT2D eigenvalue weighted by Crippen LogP contribution is 2.31. The lowest BCUT2D eigenvalue weighted by Crippen LogP contribution is -2.44. The molecule has 0 saturated carbocycles. The highest BCUT2D eigenvalue weighted by atomic mass is 32.2. The molecule has 4 rings (SSSR count). The second-order valence-electron chi connectivity index (χ2n) is 10.3. The minimum atomic E-state index is -3.81. The van der Waals surface area contributed by atoms with Crippen LogP contribution in [0.2, 0.25) is 0 Å². The molecule has 0 spiro atoms. The highest BCUT2D eigenvalue weighted by molar-refractivity contribution is 7.92. The van der Waals surface area contributed by atoms with Crippen molar-refractivity contribution >= 4 is 27.3 Å². The predicted octanol–water partition coefficient (Wildman–Crippen LogP) is 3.97. The van der Waals surface area contributed by atoms with Gasteiger partial charge in [0.05, 0.1) is 16.3 Å². The summed E-state index contributed by atoms with van der Waals surface area (Å²) in [5.41, 5.74) is 2.89. The molecule has 0 atom stereocenters. The second-order valence-corrected chi connectivity index (χ2v) is 12.0. The number of rotatable bonds is 7. The molecular weight excluding hydrogens is 460 g/mol. The van der Waals surface area contributed by atoms with E-state index in [1.165, 1.54) is 0 Å². The molecule has 7 nitrogen and oxygen atoms in total. The zero-order valence-corrected chi connectivity index (χ0v) is 21.9. The van der Waals surface area contributed by atoms with Gasteiger partial charge in [-0.25, -0.2) is 8.42 Å². The molecule has 0 aliphatic carbocycles. The standard InChI is InChI=1S/C27H38N4O3S/c1-20(2)18-22-4-7-24(8-5-22)35(33,34)29-25-19-23(27(32)31-14-10-21(3)11-15-31)6-9-26(25)30-16-12-28-13-17-30/h4-9,19-21,28-29H,10-18H2,1-3H3. The summed E-state index contributed by atoms with van der Waals surface area (Å²) in [5.74, 6) is 1.09. The van der Waals surface area contributed by atoms with Crippen LogP contribution in [0.25, 0.3) is 0 Å². The van der Waals surface area contributed by atoms with Crippen LogP contribution in [-0.4, -0.2) is 58.5 Å². The lowest BCUT2D eigenvalue weighted by Gasteiger charge is -2.32. The maximum Gasteiger partial charge on any atom is 0.261 e. The fourth-order valence-corrected chi connectivity index (χ4v) is 5.87. The normalized spacial score (nSPS) is 17.6. The van der Waals surface area contributed by atoms with Crippen LogP contribution in [0.15, 0.2) is 47.4 Å². The lowest BCUT2D eigenvalue weighted by molar-refractivity contribution is 0.0697. The number of nitrogens with one attached hydrogen (secondary N) is 2. The molecule has 2 aliphatic heterocycles. The topological polar surface area (TPSA) is 81.8 Å². The molecule has 2 aromatic rings.